The van der Waals surface area contributed by atoms with Crippen LogP contribution in [0.4, 0.5) is 4.39 Å². The predicted octanol–water partition coefficient (Wildman–Crippen LogP) is 4.41. The highest BCUT2D eigenvalue weighted by Crippen LogP contribution is 2.40. The van der Waals surface area contributed by atoms with Crippen LogP contribution in [0.3, 0.4) is 0 Å². The van der Waals surface area contributed by atoms with Crippen molar-refractivity contribution in [3.63, 3.8) is 0 Å². The average molecular weight is 459 g/mol. The van der Waals surface area contributed by atoms with Crippen molar-refractivity contribution < 1.29 is 27.8 Å². The number of amides is 1. The van der Waals surface area contributed by atoms with Crippen molar-refractivity contribution in [2.75, 3.05) is 13.9 Å². The first-order valence-electron chi connectivity index (χ1n) is 10.6. The van der Waals surface area contributed by atoms with Gasteiger partial charge in [-0.2, -0.15) is 0 Å². The van der Waals surface area contributed by atoms with Crippen molar-refractivity contribution in [2.24, 2.45) is 0 Å². The lowest BCUT2D eigenvalue weighted by atomic mass is 9.98. The Kier molecular flexibility index (Phi) is 4.55. The maximum atomic E-state index is 13.9. The number of nitrogens with zero attached hydrogens (tertiary/aromatic N) is 1. The summed E-state index contributed by atoms with van der Waals surface area (Å²) in [6.07, 6.45) is 0. The van der Waals surface area contributed by atoms with Crippen LogP contribution in [0, 0.1) is 5.82 Å². The zero-order chi connectivity index (χ0) is 23.4. The molecule has 6 rings (SSSR count). The standard InChI is InChI=1S/C26H18FNO6/c1-31-17-6-3-15(4-7-17)23-22-24(29)18-11-16(27)5-9-19(18)34-25(22)26(30)28(23)12-14-2-8-20-21(10-14)33-13-32-20/h2-11,23H,12-13H2,1H3/t23-/m0/s1. The second kappa shape index (κ2) is 7.62. The third-order valence-corrected chi connectivity index (χ3v) is 6.15. The molecule has 170 valence electrons. The Morgan fingerprint density at radius 3 is 2.59 bits per heavy atom. The van der Waals surface area contributed by atoms with Gasteiger partial charge in [0.2, 0.25) is 12.6 Å². The highest BCUT2D eigenvalue weighted by molar-refractivity contribution is 5.99. The molecule has 0 bridgehead atoms. The lowest BCUT2D eigenvalue weighted by Crippen LogP contribution is -2.29. The molecular weight excluding hydrogens is 441 g/mol. The molecule has 0 fully saturated rings. The third kappa shape index (κ3) is 3.10. The number of halogens is 1. The van der Waals surface area contributed by atoms with E-state index in [1.807, 2.05) is 12.1 Å². The van der Waals surface area contributed by atoms with Crippen molar-refractivity contribution in [3.8, 4) is 17.2 Å². The van der Waals surface area contributed by atoms with Crippen LogP contribution in [-0.2, 0) is 6.54 Å². The summed E-state index contributed by atoms with van der Waals surface area (Å²) in [5, 5.41) is 0.0926. The molecule has 1 amide bonds. The number of benzene rings is 3. The van der Waals surface area contributed by atoms with Crippen LogP contribution >= 0.6 is 0 Å². The Labute approximate surface area is 192 Å². The molecule has 0 N–H and O–H groups in total. The third-order valence-electron chi connectivity index (χ3n) is 6.15. The summed E-state index contributed by atoms with van der Waals surface area (Å²) in [4.78, 5) is 28.6. The fourth-order valence-corrected chi connectivity index (χ4v) is 4.52. The number of carbonyl (C=O) groups is 1. The molecule has 3 heterocycles. The number of methoxy groups -OCH3 is 1. The van der Waals surface area contributed by atoms with Gasteiger partial charge in [0, 0.05) is 6.54 Å². The van der Waals surface area contributed by atoms with Gasteiger partial charge < -0.3 is 23.5 Å². The van der Waals surface area contributed by atoms with Crippen molar-refractivity contribution in [3.05, 3.63) is 99.2 Å². The SMILES string of the molecule is COc1ccc([C@H]2c3c(oc4ccc(F)cc4c3=O)C(=O)N2Cc2ccc3c(c2)OCO3)cc1. The van der Waals surface area contributed by atoms with Gasteiger partial charge in [0.1, 0.15) is 17.1 Å². The lowest BCUT2D eigenvalue weighted by molar-refractivity contribution is 0.0714. The van der Waals surface area contributed by atoms with Crippen molar-refractivity contribution in [2.45, 2.75) is 12.6 Å². The van der Waals surface area contributed by atoms with Crippen LogP contribution in [0.1, 0.15) is 33.3 Å². The fourth-order valence-electron chi connectivity index (χ4n) is 4.52. The summed E-state index contributed by atoms with van der Waals surface area (Å²) < 4.78 is 35.9. The summed E-state index contributed by atoms with van der Waals surface area (Å²) in [5.41, 5.74) is 1.42. The van der Waals surface area contributed by atoms with Crippen LogP contribution in [0.15, 0.2) is 69.9 Å². The van der Waals surface area contributed by atoms with E-state index in [9.17, 15) is 14.0 Å². The Morgan fingerprint density at radius 1 is 1.00 bits per heavy atom. The summed E-state index contributed by atoms with van der Waals surface area (Å²) in [5.74, 6) is 0.864. The highest BCUT2D eigenvalue weighted by atomic mass is 19.1. The largest absolute Gasteiger partial charge is 0.497 e. The number of carbonyl (C=O) groups excluding carboxylic acids is 1. The van der Waals surface area contributed by atoms with E-state index < -0.39 is 23.2 Å². The van der Waals surface area contributed by atoms with Gasteiger partial charge in [0.15, 0.2) is 16.9 Å². The summed E-state index contributed by atoms with van der Waals surface area (Å²) >= 11 is 0. The molecule has 2 aliphatic rings. The van der Waals surface area contributed by atoms with Crippen molar-refractivity contribution >= 4 is 16.9 Å². The zero-order valence-corrected chi connectivity index (χ0v) is 18.0. The molecule has 0 saturated heterocycles. The molecule has 0 radical (unpaired) electrons. The van der Waals surface area contributed by atoms with Gasteiger partial charge in [-0.1, -0.05) is 18.2 Å². The fraction of sp³-hybridized carbons (Fsp3) is 0.154. The first-order chi connectivity index (χ1) is 16.5. The van der Waals surface area contributed by atoms with Crippen LogP contribution in [0.5, 0.6) is 17.2 Å². The molecule has 2 aliphatic heterocycles. The molecule has 7 nitrogen and oxygen atoms in total. The van der Waals surface area contributed by atoms with E-state index in [4.69, 9.17) is 18.6 Å². The number of fused-ring (bicyclic) bond motifs is 3. The molecule has 1 aromatic heterocycles. The first-order valence-corrected chi connectivity index (χ1v) is 10.6. The second-order valence-corrected chi connectivity index (χ2v) is 8.11. The van der Waals surface area contributed by atoms with Crippen molar-refractivity contribution in [1.82, 2.24) is 4.90 Å². The topological polar surface area (TPSA) is 78.2 Å². The number of hydrogen-bond donors (Lipinski definition) is 0. The van der Waals surface area contributed by atoms with Crippen LogP contribution in [0.2, 0.25) is 0 Å². The Morgan fingerprint density at radius 2 is 1.79 bits per heavy atom. The maximum absolute atomic E-state index is 13.9. The first kappa shape index (κ1) is 20.3. The van der Waals surface area contributed by atoms with Gasteiger partial charge >= 0.3 is 0 Å². The Hall–Kier alpha value is -4.33. The monoisotopic (exact) mass is 459 g/mol. The minimum absolute atomic E-state index is 0.0364. The molecule has 0 unspecified atom stereocenters. The van der Waals surface area contributed by atoms with Gasteiger partial charge in [-0.05, 0) is 53.6 Å². The number of hydrogen-bond acceptors (Lipinski definition) is 6. The van der Waals surface area contributed by atoms with E-state index in [-0.39, 0.29) is 35.6 Å². The molecule has 3 aromatic carbocycles. The summed E-state index contributed by atoms with van der Waals surface area (Å²) in [7, 11) is 1.56. The normalized spacial score (nSPS) is 16.2. The second-order valence-electron chi connectivity index (χ2n) is 8.11. The summed E-state index contributed by atoms with van der Waals surface area (Å²) in [6.45, 7) is 0.337. The Balaban J connectivity index is 1.51. The van der Waals surface area contributed by atoms with Gasteiger partial charge in [-0.25, -0.2) is 4.39 Å². The van der Waals surface area contributed by atoms with Crippen molar-refractivity contribution in [1.29, 1.82) is 0 Å². The van der Waals surface area contributed by atoms with Gasteiger partial charge in [0.05, 0.1) is 24.1 Å². The predicted molar refractivity (Wildman–Crippen MR) is 120 cm³/mol. The quantitative estimate of drug-likeness (QED) is 0.450. The molecule has 0 saturated carbocycles. The minimum atomic E-state index is -0.720. The molecule has 4 aromatic rings. The molecule has 0 spiro atoms. The van der Waals surface area contributed by atoms with Crippen LogP contribution in [0.25, 0.3) is 11.0 Å². The van der Waals surface area contributed by atoms with E-state index in [2.05, 4.69) is 0 Å². The number of rotatable bonds is 4. The van der Waals surface area contributed by atoms with E-state index in [0.29, 0.717) is 22.8 Å². The lowest BCUT2D eigenvalue weighted by Gasteiger charge is -2.25. The summed E-state index contributed by atoms with van der Waals surface area (Å²) in [6, 6.07) is 15.5. The van der Waals surface area contributed by atoms with Gasteiger partial charge in [-0.15, -0.1) is 0 Å². The maximum Gasteiger partial charge on any atom is 0.291 e. The van der Waals surface area contributed by atoms with E-state index in [1.165, 1.54) is 12.1 Å². The van der Waals surface area contributed by atoms with Gasteiger partial charge in [-0.3, -0.25) is 9.59 Å². The van der Waals surface area contributed by atoms with Crippen LogP contribution < -0.4 is 19.6 Å². The zero-order valence-electron chi connectivity index (χ0n) is 18.0. The molecule has 34 heavy (non-hydrogen) atoms. The van der Waals surface area contributed by atoms with E-state index in [1.54, 1.807) is 42.3 Å². The average Bonchev–Trinajstić information content (AvgIpc) is 3.43. The highest BCUT2D eigenvalue weighted by Gasteiger charge is 2.42. The minimum Gasteiger partial charge on any atom is -0.497 e. The molecule has 8 heteroatoms. The van der Waals surface area contributed by atoms with Gasteiger partial charge in [0.25, 0.3) is 5.91 Å². The molecular formula is C26H18FNO6. The van der Waals surface area contributed by atoms with Crippen LogP contribution in [-0.4, -0.2) is 24.7 Å². The molecule has 0 aliphatic carbocycles. The number of ether oxygens (including phenoxy) is 3. The Bertz CT molecular complexity index is 1510. The van der Waals surface area contributed by atoms with E-state index >= 15 is 0 Å². The van der Waals surface area contributed by atoms with E-state index in [0.717, 1.165) is 11.6 Å². The molecule has 1 atom stereocenters. The smallest absolute Gasteiger partial charge is 0.291 e.